The molecule has 0 saturated heterocycles. The number of carbonyl (C=O) groups excluding carboxylic acids is 1. The molecule has 0 saturated carbocycles. The molecular formula is C9H19NO4S. The van der Waals surface area contributed by atoms with Crippen LogP contribution in [0.25, 0.3) is 0 Å². The van der Waals surface area contributed by atoms with E-state index in [2.05, 4.69) is 0 Å². The van der Waals surface area contributed by atoms with Crippen molar-refractivity contribution in [1.82, 2.24) is 4.90 Å². The molecule has 1 N–H and O–H groups in total. The zero-order valence-electron chi connectivity index (χ0n) is 9.22. The average molecular weight is 237 g/mol. The van der Waals surface area contributed by atoms with Gasteiger partial charge in [0.1, 0.15) is 6.29 Å². The molecule has 0 aliphatic carbocycles. The number of aldehydes is 1. The van der Waals surface area contributed by atoms with Crippen LogP contribution < -0.4 is 0 Å². The molecule has 0 spiro atoms. The van der Waals surface area contributed by atoms with Crippen LogP contribution in [0.4, 0.5) is 0 Å². The van der Waals surface area contributed by atoms with Crippen molar-refractivity contribution < 1.29 is 17.8 Å². The fraction of sp³-hybridized carbons (Fsp3) is 0.889. The Morgan fingerprint density at radius 2 is 1.93 bits per heavy atom. The molecule has 90 valence electrons. The van der Waals surface area contributed by atoms with Gasteiger partial charge in [-0.15, -0.1) is 0 Å². The fourth-order valence-corrected chi connectivity index (χ4v) is 2.14. The molecule has 5 nitrogen and oxygen atoms in total. The van der Waals surface area contributed by atoms with E-state index >= 15 is 0 Å². The van der Waals surface area contributed by atoms with Crippen molar-refractivity contribution in [3.63, 3.8) is 0 Å². The minimum absolute atomic E-state index is 0.339. The first-order valence-electron chi connectivity index (χ1n) is 4.92. The molecule has 0 rings (SSSR count). The molecule has 0 aliphatic rings. The lowest BCUT2D eigenvalue weighted by atomic mass is 10.1. The Bertz CT molecular complexity index is 274. The van der Waals surface area contributed by atoms with E-state index in [9.17, 15) is 13.2 Å². The molecule has 0 aromatic heterocycles. The van der Waals surface area contributed by atoms with Gasteiger partial charge in [-0.1, -0.05) is 0 Å². The Morgan fingerprint density at radius 1 is 1.33 bits per heavy atom. The summed E-state index contributed by atoms with van der Waals surface area (Å²) in [7, 11) is -0.304. The Hall–Kier alpha value is -0.460. The first-order valence-corrected chi connectivity index (χ1v) is 6.43. The lowest BCUT2D eigenvalue weighted by Crippen LogP contribution is -2.26. The van der Waals surface area contributed by atoms with E-state index in [0.29, 0.717) is 32.2 Å². The highest BCUT2D eigenvalue weighted by atomic mass is 32.2. The van der Waals surface area contributed by atoms with Gasteiger partial charge in [-0.25, -0.2) is 0 Å². The van der Waals surface area contributed by atoms with Crippen molar-refractivity contribution in [2.45, 2.75) is 30.9 Å². The summed E-state index contributed by atoms with van der Waals surface area (Å²) >= 11 is 0. The molecule has 6 heteroatoms. The van der Waals surface area contributed by atoms with Gasteiger partial charge in [0, 0.05) is 6.42 Å². The molecule has 1 unspecified atom stereocenters. The summed E-state index contributed by atoms with van der Waals surface area (Å²) in [5.74, 6) is 0. The second kappa shape index (κ2) is 6.92. The molecule has 0 aromatic carbocycles. The standard InChI is InChI=1S/C9H19NO4S/c1-10(2)7-6-9(15(12,13)14)5-3-4-8-11/h8-9H,3-7H2,1-2H3,(H,12,13,14). The molecule has 0 aromatic rings. The van der Waals surface area contributed by atoms with Gasteiger partial charge in [-0.3, -0.25) is 4.55 Å². The maximum absolute atomic E-state index is 11.0. The SMILES string of the molecule is CN(C)CCC(CCCC=O)S(=O)(=O)O. The fourth-order valence-electron chi connectivity index (χ4n) is 1.27. The minimum Gasteiger partial charge on any atom is -0.309 e. The quantitative estimate of drug-likeness (QED) is 0.379. The summed E-state index contributed by atoms with van der Waals surface area (Å²) in [6, 6.07) is 0. The van der Waals surface area contributed by atoms with Crippen molar-refractivity contribution in [2.75, 3.05) is 20.6 Å². The second-order valence-corrected chi connectivity index (χ2v) is 5.52. The Labute approximate surface area is 91.2 Å². The van der Waals surface area contributed by atoms with Crippen LogP contribution in [0.1, 0.15) is 25.7 Å². The van der Waals surface area contributed by atoms with Crippen LogP contribution in [0, 0.1) is 0 Å². The van der Waals surface area contributed by atoms with Crippen LogP contribution in [0.15, 0.2) is 0 Å². The van der Waals surface area contributed by atoms with Gasteiger partial charge in [-0.2, -0.15) is 8.42 Å². The van der Waals surface area contributed by atoms with Gasteiger partial charge in [0.05, 0.1) is 5.25 Å². The number of carbonyl (C=O) groups is 1. The summed E-state index contributed by atoms with van der Waals surface area (Å²) in [4.78, 5) is 11.9. The van der Waals surface area contributed by atoms with E-state index in [-0.39, 0.29) is 0 Å². The minimum atomic E-state index is -3.98. The van der Waals surface area contributed by atoms with Crippen molar-refractivity contribution >= 4 is 16.4 Å². The van der Waals surface area contributed by atoms with Crippen molar-refractivity contribution in [1.29, 1.82) is 0 Å². The summed E-state index contributed by atoms with van der Waals surface area (Å²) in [5.41, 5.74) is 0. The van der Waals surface area contributed by atoms with E-state index < -0.39 is 15.4 Å². The highest BCUT2D eigenvalue weighted by Gasteiger charge is 2.22. The van der Waals surface area contributed by atoms with E-state index in [1.807, 2.05) is 19.0 Å². The van der Waals surface area contributed by atoms with Crippen molar-refractivity contribution in [2.24, 2.45) is 0 Å². The van der Waals surface area contributed by atoms with E-state index in [1.54, 1.807) is 0 Å². The van der Waals surface area contributed by atoms with Gasteiger partial charge in [0.25, 0.3) is 10.1 Å². The predicted octanol–water partition coefficient (Wildman–Crippen LogP) is 0.564. The number of unbranched alkanes of at least 4 members (excludes halogenated alkanes) is 1. The molecule has 0 aliphatic heterocycles. The largest absolute Gasteiger partial charge is 0.309 e. The Balaban J connectivity index is 4.14. The van der Waals surface area contributed by atoms with Gasteiger partial charge in [0.15, 0.2) is 0 Å². The molecule has 0 bridgehead atoms. The summed E-state index contributed by atoms with van der Waals surface area (Å²) < 4.78 is 30.9. The van der Waals surface area contributed by atoms with Crippen LogP contribution >= 0.6 is 0 Å². The monoisotopic (exact) mass is 237 g/mol. The normalized spacial score (nSPS) is 14.1. The third kappa shape index (κ3) is 7.47. The van der Waals surface area contributed by atoms with Crippen LogP contribution in [0.3, 0.4) is 0 Å². The number of rotatable bonds is 8. The average Bonchev–Trinajstić information content (AvgIpc) is 2.08. The highest BCUT2D eigenvalue weighted by Crippen LogP contribution is 2.12. The van der Waals surface area contributed by atoms with Crippen molar-refractivity contribution in [3.05, 3.63) is 0 Å². The number of hydrogen-bond acceptors (Lipinski definition) is 4. The lowest BCUT2D eigenvalue weighted by Gasteiger charge is -2.16. The highest BCUT2D eigenvalue weighted by molar-refractivity contribution is 7.86. The Morgan fingerprint density at radius 3 is 2.33 bits per heavy atom. The third-order valence-corrected chi connectivity index (χ3v) is 3.48. The van der Waals surface area contributed by atoms with E-state index in [4.69, 9.17) is 4.55 Å². The van der Waals surface area contributed by atoms with Crippen LogP contribution in [0.2, 0.25) is 0 Å². The molecule has 0 fully saturated rings. The van der Waals surface area contributed by atoms with E-state index in [0.717, 1.165) is 6.29 Å². The summed E-state index contributed by atoms with van der Waals surface area (Å²) in [6.07, 6.45) is 2.33. The topological polar surface area (TPSA) is 74.7 Å². The Kier molecular flexibility index (Phi) is 6.71. The van der Waals surface area contributed by atoms with Crippen LogP contribution in [0.5, 0.6) is 0 Å². The molecule has 15 heavy (non-hydrogen) atoms. The second-order valence-electron chi connectivity index (χ2n) is 3.83. The lowest BCUT2D eigenvalue weighted by molar-refractivity contribution is -0.107. The zero-order chi connectivity index (χ0) is 11.9. The van der Waals surface area contributed by atoms with Gasteiger partial charge in [-0.05, 0) is 39.9 Å². The summed E-state index contributed by atoms with van der Waals surface area (Å²) in [5, 5.41) is -0.750. The van der Waals surface area contributed by atoms with Crippen LogP contribution in [-0.4, -0.2) is 50.0 Å². The molecule has 0 radical (unpaired) electrons. The van der Waals surface area contributed by atoms with Gasteiger partial charge < -0.3 is 9.69 Å². The predicted molar refractivity (Wildman–Crippen MR) is 58.4 cm³/mol. The third-order valence-electron chi connectivity index (χ3n) is 2.17. The maximum Gasteiger partial charge on any atom is 0.267 e. The first-order chi connectivity index (χ1) is 6.88. The van der Waals surface area contributed by atoms with Gasteiger partial charge >= 0.3 is 0 Å². The molecular weight excluding hydrogens is 218 g/mol. The smallest absolute Gasteiger partial charge is 0.267 e. The maximum atomic E-state index is 11.0. The molecule has 0 amide bonds. The number of hydrogen-bond donors (Lipinski definition) is 1. The van der Waals surface area contributed by atoms with Gasteiger partial charge in [0.2, 0.25) is 0 Å². The van der Waals surface area contributed by atoms with Crippen molar-refractivity contribution in [3.8, 4) is 0 Å². The van der Waals surface area contributed by atoms with Crippen LogP contribution in [-0.2, 0) is 14.9 Å². The van der Waals surface area contributed by atoms with E-state index in [1.165, 1.54) is 0 Å². The first kappa shape index (κ1) is 14.5. The molecule has 0 heterocycles. The summed E-state index contributed by atoms with van der Waals surface area (Å²) in [6.45, 7) is 0.603. The number of nitrogens with zero attached hydrogens (tertiary/aromatic N) is 1. The zero-order valence-corrected chi connectivity index (χ0v) is 10.0. The molecule has 1 atom stereocenters.